The Hall–Kier alpha value is -1.08. The van der Waals surface area contributed by atoms with Crippen molar-refractivity contribution in [3.63, 3.8) is 0 Å². The van der Waals surface area contributed by atoms with Gasteiger partial charge in [-0.05, 0) is 62.8 Å². The predicted octanol–water partition coefficient (Wildman–Crippen LogP) is 1.38. The smallest absolute Gasteiger partial charge is 0.224 e. The maximum absolute atomic E-state index is 12.6. The van der Waals surface area contributed by atoms with Gasteiger partial charge in [0, 0.05) is 19.0 Å². The van der Waals surface area contributed by atoms with Crippen LogP contribution in [0.3, 0.4) is 0 Å². The minimum Gasteiger partial charge on any atom is -0.337 e. The third-order valence-electron chi connectivity index (χ3n) is 6.46. The van der Waals surface area contributed by atoms with Gasteiger partial charge < -0.3 is 10.2 Å². The Morgan fingerprint density at radius 1 is 1.25 bits per heavy atom. The summed E-state index contributed by atoms with van der Waals surface area (Å²) in [5, 5.41) is 12.7. The number of carbonyl (C=O) groups excluding carboxylic acids is 1. The molecule has 1 N–H and O–H groups in total. The van der Waals surface area contributed by atoms with Gasteiger partial charge >= 0.3 is 0 Å². The Kier molecular flexibility index (Phi) is 2.66. The molecule has 4 unspecified atom stereocenters. The predicted molar refractivity (Wildman–Crippen MR) is 74.5 cm³/mol. The fourth-order valence-corrected chi connectivity index (χ4v) is 5.26. The molecule has 0 aromatic carbocycles. The van der Waals surface area contributed by atoms with Gasteiger partial charge in [0.05, 0.1) is 6.07 Å². The summed E-state index contributed by atoms with van der Waals surface area (Å²) in [4.78, 5) is 14.8. The zero-order valence-corrected chi connectivity index (χ0v) is 12.1. The lowest BCUT2D eigenvalue weighted by atomic mass is 9.88. The molecule has 3 saturated carbocycles. The van der Waals surface area contributed by atoms with Crippen LogP contribution in [0.4, 0.5) is 0 Å². The molecule has 20 heavy (non-hydrogen) atoms. The van der Waals surface area contributed by atoms with Crippen molar-refractivity contribution in [2.24, 2.45) is 29.6 Å². The Morgan fingerprint density at radius 3 is 2.40 bits per heavy atom. The Morgan fingerprint density at radius 2 is 1.85 bits per heavy atom. The normalized spacial score (nSPS) is 44.7. The molecular formula is C16H23N3O. The third kappa shape index (κ3) is 1.72. The zero-order valence-electron chi connectivity index (χ0n) is 12.1. The van der Waals surface area contributed by atoms with Gasteiger partial charge in [-0.25, -0.2) is 0 Å². The van der Waals surface area contributed by atoms with E-state index in [1.165, 1.54) is 19.3 Å². The van der Waals surface area contributed by atoms with Gasteiger partial charge in [0.1, 0.15) is 5.54 Å². The van der Waals surface area contributed by atoms with E-state index in [1.54, 1.807) is 0 Å². The van der Waals surface area contributed by atoms with Crippen molar-refractivity contribution in [1.29, 1.82) is 5.26 Å². The summed E-state index contributed by atoms with van der Waals surface area (Å²) in [6, 6.07) is 2.40. The van der Waals surface area contributed by atoms with Gasteiger partial charge in [-0.3, -0.25) is 4.79 Å². The third-order valence-corrected chi connectivity index (χ3v) is 6.46. The molecule has 0 spiro atoms. The summed E-state index contributed by atoms with van der Waals surface area (Å²) >= 11 is 0. The van der Waals surface area contributed by atoms with Crippen molar-refractivity contribution >= 4 is 5.91 Å². The molecule has 4 aliphatic rings. The number of hydrogen-bond donors (Lipinski definition) is 1. The van der Waals surface area contributed by atoms with E-state index in [4.69, 9.17) is 0 Å². The number of likely N-dealkylation sites (tertiary alicyclic amines) is 1. The van der Waals surface area contributed by atoms with Crippen LogP contribution in [0.5, 0.6) is 0 Å². The number of nitrogens with zero attached hydrogens (tertiary/aromatic N) is 2. The highest BCUT2D eigenvalue weighted by molar-refractivity contribution is 5.84. The van der Waals surface area contributed by atoms with Crippen LogP contribution in [0.15, 0.2) is 0 Å². The van der Waals surface area contributed by atoms with E-state index in [0.29, 0.717) is 11.8 Å². The molecule has 3 aliphatic carbocycles. The number of fused-ring (bicyclic) bond motifs is 5. The molecule has 4 atom stereocenters. The van der Waals surface area contributed by atoms with E-state index in [9.17, 15) is 10.1 Å². The zero-order chi connectivity index (χ0) is 13.9. The van der Waals surface area contributed by atoms with Crippen LogP contribution in [0.25, 0.3) is 0 Å². The molecule has 1 amide bonds. The van der Waals surface area contributed by atoms with E-state index in [2.05, 4.69) is 23.3 Å². The first-order valence-corrected chi connectivity index (χ1v) is 8.05. The summed E-state index contributed by atoms with van der Waals surface area (Å²) in [5.74, 6) is 3.38. The number of carbonyl (C=O) groups is 1. The van der Waals surface area contributed by atoms with Crippen LogP contribution in [0.1, 0.15) is 32.1 Å². The summed E-state index contributed by atoms with van der Waals surface area (Å²) in [6.07, 6.45) is 5.57. The highest BCUT2D eigenvalue weighted by atomic mass is 16.2. The maximum Gasteiger partial charge on any atom is 0.224 e. The minimum atomic E-state index is -0.598. The lowest BCUT2D eigenvalue weighted by molar-refractivity contribution is -0.125. The molecule has 0 aromatic heterocycles. The van der Waals surface area contributed by atoms with E-state index in [0.717, 1.165) is 37.8 Å². The highest BCUT2D eigenvalue weighted by Gasteiger charge is 2.67. The van der Waals surface area contributed by atoms with E-state index < -0.39 is 5.54 Å². The van der Waals surface area contributed by atoms with Crippen LogP contribution in [0.2, 0.25) is 0 Å². The first-order chi connectivity index (χ1) is 9.63. The summed E-state index contributed by atoms with van der Waals surface area (Å²) in [5.41, 5.74) is -0.598. The molecule has 4 nitrogen and oxygen atoms in total. The molecule has 4 heteroatoms. The second kappa shape index (κ2) is 4.21. The quantitative estimate of drug-likeness (QED) is 0.827. The Bertz CT molecular complexity index is 459. The molecule has 108 valence electrons. The van der Waals surface area contributed by atoms with E-state index >= 15 is 0 Å². The van der Waals surface area contributed by atoms with Gasteiger partial charge in [0.15, 0.2) is 0 Å². The minimum absolute atomic E-state index is 0.183. The molecule has 4 fully saturated rings. The van der Waals surface area contributed by atoms with Crippen molar-refractivity contribution in [2.75, 3.05) is 20.1 Å². The lowest BCUT2D eigenvalue weighted by Gasteiger charge is -2.36. The fourth-order valence-electron chi connectivity index (χ4n) is 5.26. The molecule has 0 radical (unpaired) electrons. The molecule has 2 bridgehead atoms. The summed E-state index contributed by atoms with van der Waals surface area (Å²) in [7, 11) is 2.08. The summed E-state index contributed by atoms with van der Waals surface area (Å²) in [6.45, 7) is 1.80. The molecule has 1 heterocycles. The van der Waals surface area contributed by atoms with Gasteiger partial charge in [-0.2, -0.15) is 5.26 Å². The molecule has 0 aromatic rings. The first-order valence-electron chi connectivity index (χ1n) is 8.05. The number of hydrogen-bond acceptors (Lipinski definition) is 3. The Balaban J connectivity index is 1.42. The lowest BCUT2D eigenvalue weighted by Crippen LogP contribution is -2.54. The van der Waals surface area contributed by atoms with Crippen molar-refractivity contribution in [3.8, 4) is 6.07 Å². The standard InChI is InChI=1S/C16H23N3O/c1-19-6-4-16(9-17,5-7-19)18-15(20)14-12-10-2-3-11(8-10)13(12)14/h10-14H,2-8H2,1H3,(H,18,20). The largest absolute Gasteiger partial charge is 0.337 e. The van der Waals surface area contributed by atoms with E-state index in [1.807, 2.05) is 0 Å². The Labute approximate surface area is 120 Å². The van der Waals surface area contributed by atoms with Gasteiger partial charge in [-0.15, -0.1) is 0 Å². The van der Waals surface area contributed by atoms with Crippen molar-refractivity contribution < 1.29 is 4.79 Å². The monoisotopic (exact) mass is 273 g/mol. The second-order valence-electron chi connectivity index (χ2n) is 7.50. The van der Waals surface area contributed by atoms with Gasteiger partial charge in [0.2, 0.25) is 5.91 Å². The number of piperidine rings is 1. The molecule has 1 aliphatic heterocycles. The topological polar surface area (TPSA) is 56.1 Å². The van der Waals surface area contributed by atoms with Crippen molar-refractivity contribution in [3.05, 3.63) is 0 Å². The van der Waals surface area contributed by atoms with Crippen molar-refractivity contribution in [1.82, 2.24) is 10.2 Å². The molecule has 4 rings (SSSR count). The fraction of sp³-hybridized carbons (Fsp3) is 0.875. The highest BCUT2D eigenvalue weighted by Crippen LogP contribution is 2.69. The van der Waals surface area contributed by atoms with Crippen LogP contribution < -0.4 is 5.32 Å². The van der Waals surface area contributed by atoms with Crippen LogP contribution in [0, 0.1) is 40.9 Å². The van der Waals surface area contributed by atoms with Crippen molar-refractivity contribution in [2.45, 2.75) is 37.6 Å². The number of rotatable bonds is 2. The number of amides is 1. The first kappa shape index (κ1) is 12.6. The van der Waals surface area contributed by atoms with Crippen LogP contribution >= 0.6 is 0 Å². The maximum atomic E-state index is 12.6. The average molecular weight is 273 g/mol. The molecule has 1 saturated heterocycles. The average Bonchev–Trinajstić information content (AvgIpc) is 2.91. The van der Waals surface area contributed by atoms with E-state index in [-0.39, 0.29) is 11.8 Å². The molecular weight excluding hydrogens is 250 g/mol. The summed E-state index contributed by atoms with van der Waals surface area (Å²) < 4.78 is 0. The van der Waals surface area contributed by atoms with Crippen LogP contribution in [-0.4, -0.2) is 36.5 Å². The second-order valence-corrected chi connectivity index (χ2v) is 7.50. The number of nitriles is 1. The number of nitrogens with one attached hydrogen (secondary N) is 1. The SMILES string of the molecule is CN1CCC(C#N)(NC(=O)C2C3C4CCC(C4)C23)CC1. The van der Waals surface area contributed by atoms with Crippen LogP contribution in [-0.2, 0) is 4.79 Å². The van der Waals surface area contributed by atoms with Gasteiger partial charge in [0.25, 0.3) is 0 Å². The van der Waals surface area contributed by atoms with Gasteiger partial charge in [-0.1, -0.05) is 0 Å².